The molecule has 12 nitrogen and oxygen atoms in total. The van der Waals surface area contributed by atoms with E-state index in [0.717, 1.165) is 51.4 Å². The molecule has 3 aliphatic heterocycles. The van der Waals surface area contributed by atoms with Gasteiger partial charge < -0.3 is 31.1 Å². The lowest BCUT2D eigenvalue weighted by molar-refractivity contribution is -0.142. The summed E-state index contributed by atoms with van der Waals surface area (Å²) in [6.07, 6.45) is 10.8. The Hall–Kier alpha value is -3.44. The molecule has 0 spiro atoms. The highest BCUT2D eigenvalue weighted by Gasteiger charge is 2.43. The largest absolute Gasteiger partial charge is 0.346 e. The third-order valence-electron chi connectivity index (χ3n) is 10.1. The SMILES string of the molecule is C=CCNC(=O)C(=O)[C@@H]1CCCCCCCC[C@H](NC(=O)N[C@H](CN2CCCCC2=O)C(C)(C)C)C(=O)N2C[C@H](CC(C)C)C[C@H]2C(=O)N1. The third kappa shape index (κ3) is 12.4. The first-order valence-electron chi connectivity index (χ1n) is 18.6. The van der Waals surface area contributed by atoms with Crippen LogP contribution in [-0.4, -0.2) is 95.6 Å². The van der Waals surface area contributed by atoms with Crippen molar-refractivity contribution in [1.82, 2.24) is 31.1 Å². The van der Waals surface area contributed by atoms with Crippen LogP contribution in [0.25, 0.3) is 0 Å². The van der Waals surface area contributed by atoms with E-state index in [0.29, 0.717) is 57.7 Å². The van der Waals surface area contributed by atoms with Crippen LogP contribution in [-0.2, 0) is 24.0 Å². The zero-order valence-corrected chi connectivity index (χ0v) is 30.6. The van der Waals surface area contributed by atoms with Crippen LogP contribution in [0.5, 0.6) is 0 Å². The lowest BCUT2D eigenvalue weighted by Gasteiger charge is -2.37. The van der Waals surface area contributed by atoms with Crippen molar-refractivity contribution in [3.05, 3.63) is 12.7 Å². The lowest BCUT2D eigenvalue weighted by atomic mass is 9.86. The second-order valence-corrected chi connectivity index (χ2v) is 15.7. The first-order valence-corrected chi connectivity index (χ1v) is 18.6. The molecule has 0 radical (unpaired) electrons. The molecule has 0 aromatic heterocycles. The predicted octanol–water partition coefficient (Wildman–Crippen LogP) is 3.84. The number of hydrogen-bond donors (Lipinski definition) is 4. The summed E-state index contributed by atoms with van der Waals surface area (Å²) in [5.74, 6) is -1.72. The standard InChI is InChI=1S/C37H62N6O6/c1-7-19-38-34(47)32(45)27-16-12-10-8-9-11-13-17-28(35(48)43-23-26(21-25(2)3)22-29(43)33(46)39-27)40-36(49)41-30(37(4,5)6)24-42-20-15-14-18-31(42)44/h7,25-30H,1,8-24H2,2-6H3,(H,38,47)(H,39,46)(H2,40,41,49)/t26-,27+,28+,29+,30-/m1/s1. The minimum absolute atomic E-state index is 0.0745. The molecule has 3 saturated heterocycles. The van der Waals surface area contributed by atoms with Crippen molar-refractivity contribution in [3.63, 3.8) is 0 Å². The second kappa shape index (κ2) is 19.1. The normalized spacial score (nSPS) is 25.4. The number of hydrogen-bond acceptors (Lipinski definition) is 6. The van der Waals surface area contributed by atoms with E-state index in [-0.39, 0.29) is 35.7 Å². The Labute approximate surface area is 293 Å². The molecule has 12 heteroatoms. The van der Waals surface area contributed by atoms with Crippen molar-refractivity contribution in [3.8, 4) is 0 Å². The van der Waals surface area contributed by atoms with Crippen LogP contribution in [0.15, 0.2) is 12.7 Å². The van der Waals surface area contributed by atoms with Gasteiger partial charge in [-0.3, -0.25) is 24.0 Å². The quantitative estimate of drug-likeness (QED) is 0.202. The van der Waals surface area contributed by atoms with E-state index in [2.05, 4.69) is 41.7 Å². The maximum absolute atomic E-state index is 14.4. The minimum Gasteiger partial charge on any atom is -0.346 e. The zero-order chi connectivity index (χ0) is 36.1. The molecule has 0 saturated carbocycles. The van der Waals surface area contributed by atoms with E-state index in [9.17, 15) is 28.8 Å². The summed E-state index contributed by atoms with van der Waals surface area (Å²) in [6, 6.07) is -3.49. The fourth-order valence-corrected chi connectivity index (χ4v) is 7.23. The Morgan fingerprint density at radius 2 is 1.65 bits per heavy atom. The molecule has 3 heterocycles. The molecule has 0 unspecified atom stereocenters. The molecular weight excluding hydrogens is 624 g/mol. The molecular formula is C37H62N6O6. The van der Waals surface area contributed by atoms with Crippen molar-refractivity contribution in [2.75, 3.05) is 26.2 Å². The molecule has 3 fully saturated rings. The number of Topliss-reactive ketones (excluding diaryl/α,β-unsaturated/α-hetero) is 1. The molecule has 49 heavy (non-hydrogen) atoms. The van der Waals surface area contributed by atoms with Crippen molar-refractivity contribution in [1.29, 1.82) is 0 Å². The van der Waals surface area contributed by atoms with Crippen molar-refractivity contribution in [2.45, 2.75) is 142 Å². The average Bonchev–Trinajstić information content (AvgIpc) is 3.45. The highest BCUT2D eigenvalue weighted by molar-refractivity contribution is 6.38. The average molecular weight is 687 g/mol. The van der Waals surface area contributed by atoms with Gasteiger partial charge in [-0.05, 0) is 55.8 Å². The van der Waals surface area contributed by atoms with Crippen molar-refractivity contribution >= 4 is 35.4 Å². The van der Waals surface area contributed by atoms with E-state index in [1.165, 1.54) is 6.08 Å². The number of ketones is 1. The summed E-state index contributed by atoms with van der Waals surface area (Å²) in [4.78, 5) is 83.7. The maximum Gasteiger partial charge on any atom is 0.315 e. The van der Waals surface area contributed by atoms with Gasteiger partial charge in [-0.15, -0.1) is 6.58 Å². The first-order chi connectivity index (χ1) is 23.2. The summed E-state index contributed by atoms with van der Waals surface area (Å²) in [7, 11) is 0. The molecule has 0 bridgehead atoms. The van der Waals surface area contributed by atoms with Gasteiger partial charge in [0, 0.05) is 32.6 Å². The molecule has 4 N–H and O–H groups in total. The molecule has 5 atom stereocenters. The number of rotatable bonds is 10. The van der Waals surface area contributed by atoms with E-state index in [1.807, 2.05) is 25.7 Å². The van der Waals surface area contributed by atoms with Crippen LogP contribution < -0.4 is 21.3 Å². The number of amides is 6. The summed E-state index contributed by atoms with van der Waals surface area (Å²) >= 11 is 0. The van der Waals surface area contributed by atoms with Gasteiger partial charge >= 0.3 is 6.03 Å². The minimum atomic E-state index is -0.996. The fourth-order valence-electron chi connectivity index (χ4n) is 7.23. The van der Waals surface area contributed by atoms with Crippen LogP contribution in [0.1, 0.15) is 118 Å². The van der Waals surface area contributed by atoms with E-state index in [1.54, 1.807) is 4.90 Å². The van der Waals surface area contributed by atoms with Crippen molar-refractivity contribution < 1.29 is 28.8 Å². The number of urea groups is 1. The van der Waals surface area contributed by atoms with E-state index in [4.69, 9.17) is 0 Å². The Balaban J connectivity index is 1.84. The van der Waals surface area contributed by atoms with Gasteiger partial charge in [0.25, 0.3) is 5.91 Å². The molecule has 3 rings (SSSR count). The predicted molar refractivity (Wildman–Crippen MR) is 189 cm³/mol. The number of carbonyl (C=O) groups is 6. The molecule has 0 aromatic carbocycles. The van der Waals surface area contributed by atoms with E-state index < -0.39 is 41.8 Å². The zero-order valence-electron chi connectivity index (χ0n) is 30.6. The Bertz CT molecular complexity index is 1180. The van der Waals surface area contributed by atoms with Crippen LogP contribution in [0.2, 0.25) is 0 Å². The summed E-state index contributed by atoms with van der Waals surface area (Å²) in [6.45, 7) is 15.4. The van der Waals surface area contributed by atoms with Gasteiger partial charge in [-0.25, -0.2) is 4.79 Å². The first kappa shape index (κ1) is 40.0. The molecule has 0 aromatic rings. The molecule has 0 aliphatic carbocycles. The fraction of sp³-hybridized carbons (Fsp3) is 0.784. The second-order valence-electron chi connectivity index (χ2n) is 15.7. The van der Waals surface area contributed by atoms with Crippen LogP contribution >= 0.6 is 0 Å². The van der Waals surface area contributed by atoms with E-state index >= 15 is 0 Å². The van der Waals surface area contributed by atoms with Crippen LogP contribution in [0, 0.1) is 17.3 Å². The Morgan fingerprint density at radius 3 is 2.29 bits per heavy atom. The Morgan fingerprint density at radius 1 is 0.980 bits per heavy atom. The summed E-state index contributed by atoms with van der Waals surface area (Å²) in [5.41, 5.74) is -0.348. The summed E-state index contributed by atoms with van der Waals surface area (Å²) in [5, 5.41) is 11.4. The molecule has 3 aliphatic rings. The highest BCUT2D eigenvalue weighted by atomic mass is 16.2. The van der Waals surface area contributed by atoms with Gasteiger partial charge in [0.2, 0.25) is 23.5 Å². The smallest absolute Gasteiger partial charge is 0.315 e. The van der Waals surface area contributed by atoms with Gasteiger partial charge in [0.15, 0.2) is 0 Å². The highest BCUT2D eigenvalue weighted by Crippen LogP contribution is 2.30. The van der Waals surface area contributed by atoms with Gasteiger partial charge in [-0.2, -0.15) is 0 Å². The number of likely N-dealkylation sites (tertiary alicyclic amines) is 1. The van der Waals surface area contributed by atoms with Gasteiger partial charge in [-0.1, -0.05) is 79.2 Å². The van der Waals surface area contributed by atoms with Crippen LogP contribution in [0.4, 0.5) is 4.79 Å². The third-order valence-corrected chi connectivity index (χ3v) is 10.1. The Kier molecular flexibility index (Phi) is 15.6. The number of nitrogens with zero attached hydrogens (tertiary/aromatic N) is 2. The number of carbonyl (C=O) groups excluding carboxylic acids is 6. The monoisotopic (exact) mass is 686 g/mol. The molecule has 276 valence electrons. The lowest BCUT2D eigenvalue weighted by Crippen LogP contribution is -2.59. The number of fused-ring (bicyclic) bond motifs is 1. The summed E-state index contributed by atoms with van der Waals surface area (Å²) < 4.78 is 0. The van der Waals surface area contributed by atoms with Gasteiger partial charge in [0.05, 0.1) is 12.1 Å². The van der Waals surface area contributed by atoms with Gasteiger partial charge in [0.1, 0.15) is 12.1 Å². The number of nitrogens with one attached hydrogen (secondary N) is 4. The maximum atomic E-state index is 14.4. The molecule has 6 amide bonds. The van der Waals surface area contributed by atoms with Crippen molar-refractivity contribution in [2.24, 2.45) is 17.3 Å². The van der Waals surface area contributed by atoms with Crippen LogP contribution in [0.3, 0.4) is 0 Å². The number of piperidine rings is 1. The topological polar surface area (TPSA) is 157 Å².